The number of carboxylic acid groups (broad SMARTS) is 1. The molecule has 29 heavy (non-hydrogen) atoms. The van der Waals surface area contributed by atoms with E-state index in [-0.39, 0.29) is 0 Å². The quantitative estimate of drug-likeness (QED) is 0.745. The van der Waals surface area contributed by atoms with E-state index < -0.39 is 29.4 Å². The van der Waals surface area contributed by atoms with E-state index in [9.17, 15) is 23.1 Å². The van der Waals surface area contributed by atoms with Crippen LogP contribution in [0.3, 0.4) is 0 Å². The summed E-state index contributed by atoms with van der Waals surface area (Å²) in [7, 11) is 0. The third-order valence-corrected chi connectivity index (χ3v) is 5.45. The van der Waals surface area contributed by atoms with Crippen LogP contribution in [0.5, 0.6) is 5.88 Å². The van der Waals surface area contributed by atoms with Gasteiger partial charge in [-0.05, 0) is 43.5 Å². The molecular formula is C21H23F3N2O3. The summed E-state index contributed by atoms with van der Waals surface area (Å²) in [5, 5.41) is 9.21. The molecule has 1 atom stereocenters. The van der Waals surface area contributed by atoms with Gasteiger partial charge >= 0.3 is 12.3 Å². The molecule has 156 valence electrons. The van der Waals surface area contributed by atoms with Crippen LogP contribution in [-0.4, -0.2) is 34.2 Å². The van der Waals surface area contributed by atoms with Crippen LogP contribution in [0.2, 0.25) is 0 Å². The minimum absolute atomic E-state index is 0.341. The van der Waals surface area contributed by atoms with Crippen molar-refractivity contribution in [3.63, 3.8) is 0 Å². The average Bonchev–Trinajstić information content (AvgIpc) is 2.66. The van der Waals surface area contributed by atoms with Gasteiger partial charge in [0.25, 0.3) is 0 Å². The molecule has 1 saturated heterocycles. The Morgan fingerprint density at radius 1 is 1.17 bits per heavy atom. The lowest BCUT2D eigenvalue weighted by atomic mass is 9.73. The maximum absolute atomic E-state index is 13.0. The fourth-order valence-corrected chi connectivity index (χ4v) is 3.63. The molecule has 2 aromatic rings. The number of hydrogen-bond acceptors (Lipinski definition) is 3. The Hall–Kier alpha value is -2.77. The number of likely N-dealkylation sites (tertiary alicyclic amines) is 1. The molecule has 2 heterocycles. The van der Waals surface area contributed by atoms with Gasteiger partial charge < -0.3 is 14.7 Å². The molecule has 1 aromatic carbocycles. The van der Waals surface area contributed by atoms with Crippen molar-refractivity contribution in [3.8, 4) is 5.88 Å². The summed E-state index contributed by atoms with van der Waals surface area (Å²) < 4.78 is 45.1. The highest BCUT2D eigenvalue weighted by Crippen LogP contribution is 2.45. The van der Waals surface area contributed by atoms with Gasteiger partial charge in [0.05, 0.1) is 5.56 Å². The number of aromatic nitrogens is 1. The Morgan fingerprint density at radius 2 is 1.79 bits per heavy atom. The van der Waals surface area contributed by atoms with Crippen LogP contribution in [0.15, 0.2) is 42.5 Å². The maximum Gasteiger partial charge on any atom is 0.416 e. The van der Waals surface area contributed by atoms with Crippen LogP contribution in [0, 0.1) is 12.3 Å². The van der Waals surface area contributed by atoms with E-state index in [1.54, 1.807) is 12.1 Å². The van der Waals surface area contributed by atoms with Gasteiger partial charge in [-0.3, -0.25) is 0 Å². The number of carbonyl (C=O) groups is 1. The number of ether oxygens (including phenoxy) is 1. The third kappa shape index (κ3) is 4.81. The highest BCUT2D eigenvalue weighted by molar-refractivity contribution is 5.65. The third-order valence-electron chi connectivity index (χ3n) is 5.45. The summed E-state index contributed by atoms with van der Waals surface area (Å²) >= 11 is 0. The summed E-state index contributed by atoms with van der Waals surface area (Å²) in [6.45, 7) is 4.48. The van der Waals surface area contributed by atoms with Crippen molar-refractivity contribution in [2.75, 3.05) is 13.1 Å². The van der Waals surface area contributed by atoms with Crippen molar-refractivity contribution < 1.29 is 27.8 Å². The van der Waals surface area contributed by atoms with Gasteiger partial charge in [-0.15, -0.1) is 0 Å². The molecule has 0 aliphatic carbocycles. The van der Waals surface area contributed by atoms with E-state index in [2.05, 4.69) is 4.98 Å². The Kier molecular flexibility index (Phi) is 5.73. The second-order valence-electron chi connectivity index (χ2n) is 7.66. The second-order valence-corrected chi connectivity index (χ2v) is 7.66. The lowest BCUT2D eigenvalue weighted by Crippen LogP contribution is -2.45. The van der Waals surface area contributed by atoms with Crippen LogP contribution in [-0.2, 0) is 6.18 Å². The van der Waals surface area contributed by atoms with Crippen LogP contribution < -0.4 is 4.74 Å². The molecule has 8 heteroatoms. The van der Waals surface area contributed by atoms with Gasteiger partial charge in [-0.25, -0.2) is 9.78 Å². The van der Waals surface area contributed by atoms with E-state index in [1.165, 1.54) is 17.0 Å². The smallest absolute Gasteiger partial charge is 0.416 e. The Labute approximate surface area is 167 Å². The minimum Gasteiger partial charge on any atom is -0.469 e. The summed E-state index contributed by atoms with van der Waals surface area (Å²) in [6, 6.07) is 10.3. The molecule has 0 spiro atoms. The number of benzene rings is 1. The van der Waals surface area contributed by atoms with Crippen LogP contribution >= 0.6 is 0 Å². The van der Waals surface area contributed by atoms with Gasteiger partial charge in [-0.1, -0.05) is 25.1 Å². The standard InChI is InChI=1S/C21H23F3N2O3/c1-14-4-3-5-17(25-14)29-18(15-6-8-16(9-7-15)21(22,23)24)20(2)10-12-26(13-11-20)19(27)28/h3-9,18H,10-13H2,1-2H3,(H,27,28). The number of rotatable bonds is 4. The molecule has 1 aromatic heterocycles. The Morgan fingerprint density at radius 3 is 2.31 bits per heavy atom. The largest absolute Gasteiger partial charge is 0.469 e. The Balaban J connectivity index is 1.92. The summed E-state index contributed by atoms with van der Waals surface area (Å²) in [5.74, 6) is 0.386. The predicted molar refractivity (Wildman–Crippen MR) is 101 cm³/mol. The fraction of sp³-hybridized carbons (Fsp3) is 0.429. The number of piperidine rings is 1. The molecule has 0 radical (unpaired) electrons. The van der Waals surface area contributed by atoms with Gasteiger partial charge in [-0.2, -0.15) is 13.2 Å². The molecule has 1 unspecified atom stereocenters. The zero-order chi connectivity index (χ0) is 21.2. The second kappa shape index (κ2) is 7.93. The first-order valence-corrected chi connectivity index (χ1v) is 9.34. The number of nitrogens with zero attached hydrogens (tertiary/aromatic N) is 2. The first-order valence-electron chi connectivity index (χ1n) is 9.34. The summed E-state index contributed by atoms with van der Waals surface area (Å²) in [4.78, 5) is 16.9. The minimum atomic E-state index is -4.41. The molecular weight excluding hydrogens is 385 g/mol. The van der Waals surface area contributed by atoms with Gasteiger partial charge in [0.15, 0.2) is 0 Å². The number of amides is 1. The highest BCUT2D eigenvalue weighted by atomic mass is 19.4. The zero-order valence-electron chi connectivity index (χ0n) is 16.2. The molecule has 0 bridgehead atoms. The number of pyridine rings is 1. The molecule has 5 nitrogen and oxygen atoms in total. The summed E-state index contributed by atoms with van der Waals surface area (Å²) in [6.07, 6.45) is -4.90. The number of alkyl halides is 3. The van der Waals surface area contributed by atoms with Crippen molar-refractivity contribution >= 4 is 6.09 Å². The van der Waals surface area contributed by atoms with Crippen LogP contribution in [0.1, 0.15) is 42.7 Å². The molecule has 1 fully saturated rings. The highest BCUT2D eigenvalue weighted by Gasteiger charge is 2.41. The van der Waals surface area contributed by atoms with Crippen molar-refractivity contribution in [2.45, 2.75) is 39.0 Å². The van der Waals surface area contributed by atoms with Crippen LogP contribution in [0.4, 0.5) is 18.0 Å². The lowest BCUT2D eigenvalue weighted by Gasteiger charge is -2.43. The van der Waals surface area contributed by atoms with Gasteiger partial charge in [0.1, 0.15) is 6.10 Å². The first kappa shape index (κ1) is 21.0. The van der Waals surface area contributed by atoms with E-state index in [1.807, 2.05) is 19.9 Å². The normalized spacial score (nSPS) is 17.6. The molecule has 0 saturated carbocycles. The number of hydrogen-bond donors (Lipinski definition) is 1. The average molecular weight is 408 g/mol. The first-order chi connectivity index (χ1) is 13.6. The molecule has 1 amide bonds. The SMILES string of the molecule is Cc1cccc(OC(c2ccc(C(F)(F)F)cc2)C2(C)CCN(C(=O)O)CC2)n1. The number of halogens is 3. The Bertz CT molecular complexity index is 860. The fourth-order valence-electron chi connectivity index (χ4n) is 3.63. The topological polar surface area (TPSA) is 62.7 Å². The number of aryl methyl sites for hydroxylation is 1. The summed E-state index contributed by atoms with van der Waals surface area (Å²) in [5.41, 5.74) is 0.184. The van der Waals surface area contributed by atoms with Gasteiger partial charge in [0.2, 0.25) is 5.88 Å². The van der Waals surface area contributed by atoms with E-state index in [0.717, 1.165) is 17.8 Å². The monoisotopic (exact) mass is 408 g/mol. The van der Waals surface area contributed by atoms with Gasteiger partial charge in [0, 0.05) is 30.3 Å². The zero-order valence-corrected chi connectivity index (χ0v) is 16.2. The van der Waals surface area contributed by atoms with Crippen LogP contribution in [0.25, 0.3) is 0 Å². The van der Waals surface area contributed by atoms with Crippen molar-refractivity contribution in [1.29, 1.82) is 0 Å². The molecule has 1 N–H and O–H groups in total. The molecule has 1 aliphatic heterocycles. The maximum atomic E-state index is 13.0. The predicted octanol–water partition coefficient (Wildman–Crippen LogP) is 5.31. The van der Waals surface area contributed by atoms with E-state index >= 15 is 0 Å². The molecule has 3 rings (SSSR count). The van der Waals surface area contributed by atoms with Crippen molar-refractivity contribution in [1.82, 2.24) is 9.88 Å². The van der Waals surface area contributed by atoms with E-state index in [4.69, 9.17) is 4.74 Å². The molecule has 1 aliphatic rings. The van der Waals surface area contributed by atoms with Crippen molar-refractivity contribution in [2.24, 2.45) is 5.41 Å². The lowest BCUT2D eigenvalue weighted by molar-refractivity contribution is -0.137. The van der Waals surface area contributed by atoms with E-state index in [0.29, 0.717) is 37.4 Å². The van der Waals surface area contributed by atoms with Crippen molar-refractivity contribution in [3.05, 3.63) is 59.3 Å².